The van der Waals surface area contributed by atoms with Crippen LogP contribution in [0.4, 0.5) is 0 Å². The normalized spacial score (nSPS) is 16.6. The summed E-state index contributed by atoms with van der Waals surface area (Å²) in [5.74, 6) is -1.25. The van der Waals surface area contributed by atoms with Crippen LogP contribution in [0.3, 0.4) is 0 Å². The Kier molecular flexibility index (Phi) is 5.40. The number of nitrogens with zero attached hydrogens (tertiary/aromatic N) is 2. The van der Waals surface area contributed by atoms with Crippen molar-refractivity contribution in [2.45, 2.75) is 18.9 Å². The molecule has 1 aliphatic rings. The summed E-state index contributed by atoms with van der Waals surface area (Å²) < 4.78 is 5.43. The van der Waals surface area contributed by atoms with Crippen molar-refractivity contribution in [1.82, 2.24) is 9.88 Å². The number of carboxylic acid groups (broad SMARTS) is 1. The third kappa shape index (κ3) is 4.22. The van der Waals surface area contributed by atoms with Crippen molar-refractivity contribution in [3.63, 3.8) is 0 Å². The maximum Gasteiger partial charge on any atom is 0.337 e. The number of benzene rings is 1. The summed E-state index contributed by atoms with van der Waals surface area (Å²) >= 11 is 0. The fraction of sp³-hybridized carbons (Fsp3) is 0.316. The average molecular weight is 340 g/mol. The molecule has 1 unspecified atom stereocenters. The molecule has 130 valence electrons. The highest BCUT2D eigenvalue weighted by Gasteiger charge is 2.28. The zero-order chi connectivity index (χ0) is 17.6. The van der Waals surface area contributed by atoms with Crippen LogP contribution in [0, 0.1) is 0 Å². The summed E-state index contributed by atoms with van der Waals surface area (Å²) in [6, 6.07) is 12.9. The van der Waals surface area contributed by atoms with Gasteiger partial charge in [0.2, 0.25) is 0 Å². The van der Waals surface area contributed by atoms with E-state index in [1.807, 2.05) is 30.3 Å². The molecule has 0 saturated carbocycles. The smallest absolute Gasteiger partial charge is 0.337 e. The standard InChI is InChI=1S/C19H20N2O4/c22-18(17-7-6-15(12-20-17)19(23)24)21(16-9-11-25-13-16)10-8-14-4-2-1-3-5-14/h1-7,12,16H,8-11,13H2,(H,23,24). The van der Waals surface area contributed by atoms with E-state index >= 15 is 0 Å². The van der Waals surface area contributed by atoms with Gasteiger partial charge in [0, 0.05) is 19.3 Å². The Bertz CT molecular complexity index is 725. The van der Waals surface area contributed by atoms with Crippen LogP contribution in [0.2, 0.25) is 0 Å². The van der Waals surface area contributed by atoms with E-state index in [1.165, 1.54) is 18.3 Å². The molecular weight excluding hydrogens is 320 g/mol. The molecule has 1 N–H and O–H groups in total. The second-order valence-electron chi connectivity index (χ2n) is 5.99. The molecule has 1 atom stereocenters. The Hall–Kier alpha value is -2.73. The molecule has 1 amide bonds. The van der Waals surface area contributed by atoms with Crippen LogP contribution in [-0.4, -0.2) is 52.7 Å². The molecule has 2 heterocycles. The average Bonchev–Trinajstić information content (AvgIpc) is 3.17. The number of aromatic carboxylic acids is 1. The van der Waals surface area contributed by atoms with Crippen LogP contribution in [-0.2, 0) is 11.2 Å². The number of carboxylic acids is 1. The zero-order valence-corrected chi connectivity index (χ0v) is 13.8. The van der Waals surface area contributed by atoms with Gasteiger partial charge in [0.15, 0.2) is 0 Å². The van der Waals surface area contributed by atoms with Crippen molar-refractivity contribution < 1.29 is 19.4 Å². The van der Waals surface area contributed by atoms with Crippen molar-refractivity contribution in [3.8, 4) is 0 Å². The number of rotatable bonds is 6. The SMILES string of the molecule is O=C(O)c1ccc(C(=O)N(CCc2ccccc2)C2CCOC2)nc1. The van der Waals surface area contributed by atoms with Crippen LogP contribution < -0.4 is 0 Å². The second kappa shape index (κ2) is 7.90. The summed E-state index contributed by atoms with van der Waals surface area (Å²) in [6.07, 6.45) is 2.76. The molecule has 6 nitrogen and oxygen atoms in total. The van der Waals surface area contributed by atoms with Crippen LogP contribution in [0.1, 0.15) is 32.8 Å². The summed E-state index contributed by atoms with van der Waals surface area (Å²) in [4.78, 5) is 29.7. The highest BCUT2D eigenvalue weighted by atomic mass is 16.5. The fourth-order valence-electron chi connectivity index (χ4n) is 2.91. The van der Waals surface area contributed by atoms with Crippen LogP contribution in [0.5, 0.6) is 0 Å². The highest BCUT2D eigenvalue weighted by Crippen LogP contribution is 2.17. The van der Waals surface area contributed by atoms with Gasteiger partial charge in [0.05, 0.1) is 18.2 Å². The number of aromatic nitrogens is 1. The minimum absolute atomic E-state index is 0.0252. The third-order valence-electron chi connectivity index (χ3n) is 4.32. The molecule has 0 spiro atoms. The number of hydrogen-bond donors (Lipinski definition) is 1. The Morgan fingerprint density at radius 3 is 2.60 bits per heavy atom. The lowest BCUT2D eigenvalue weighted by atomic mass is 10.1. The number of carbonyl (C=O) groups excluding carboxylic acids is 1. The lowest BCUT2D eigenvalue weighted by molar-refractivity contribution is 0.0646. The van der Waals surface area contributed by atoms with Gasteiger partial charge in [-0.3, -0.25) is 9.78 Å². The summed E-state index contributed by atoms with van der Waals surface area (Å²) in [5, 5.41) is 8.95. The zero-order valence-electron chi connectivity index (χ0n) is 13.8. The van der Waals surface area contributed by atoms with Gasteiger partial charge in [-0.2, -0.15) is 0 Å². The Labute approximate surface area is 146 Å². The van der Waals surface area contributed by atoms with Gasteiger partial charge < -0.3 is 14.7 Å². The molecule has 2 aromatic rings. The first-order valence-electron chi connectivity index (χ1n) is 8.27. The van der Waals surface area contributed by atoms with Gasteiger partial charge in [-0.15, -0.1) is 0 Å². The molecule has 0 radical (unpaired) electrons. The number of amides is 1. The van der Waals surface area contributed by atoms with E-state index in [2.05, 4.69) is 4.98 Å². The van der Waals surface area contributed by atoms with E-state index in [1.54, 1.807) is 4.90 Å². The van der Waals surface area contributed by atoms with E-state index in [0.29, 0.717) is 19.8 Å². The largest absolute Gasteiger partial charge is 0.478 e. The van der Waals surface area contributed by atoms with Crippen molar-refractivity contribution in [2.75, 3.05) is 19.8 Å². The summed E-state index contributed by atoms with van der Waals surface area (Å²) in [6.45, 7) is 1.73. The quantitative estimate of drug-likeness (QED) is 0.872. The van der Waals surface area contributed by atoms with Crippen molar-refractivity contribution >= 4 is 11.9 Å². The van der Waals surface area contributed by atoms with Crippen LogP contribution in [0.15, 0.2) is 48.7 Å². The Morgan fingerprint density at radius 2 is 2.00 bits per heavy atom. The molecule has 1 aliphatic heterocycles. The van der Waals surface area contributed by atoms with Gasteiger partial charge in [-0.1, -0.05) is 30.3 Å². The topological polar surface area (TPSA) is 79.7 Å². The molecule has 3 rings (SSSR count). The molecule has 25 heavy (non-hydrogen) atoms. The van der Waals surface area contributed by atoms with Gasteiger partial charge >= 0.3 is 5.97 Å². The molecule has 6 heteroatoms. The monoisotopic (exact) mass is 340 g/mol. The Morgan fingerprint density at radius 1 is 1.20 bits per heavy atom. The number of ether oxygens (including phenoxy) is 1. The van der Waals surface area contributed by atoms with Crippen LogP contribution in [0.25, 0.3) is 0 Å². The molecule has 1 fully saturated rings. The lowest BCUT2D eigenvalue weighted by Crippen LogP contribution is -2.42. The van der Waals surface area contributed by atoms with Crippen LogP contribution >= 0.6 is 0 Å². The minimum atomic E-state index is -1.06. The van der Waals surface area contributed by atoms with Crippen molar-refractivity contribution in [1.29, 1.82) is 0 Å². The van der Waals surface area contributed by atoms with E-state index in [9.17, 15) is 9.59 Å². The van der Waals surface area contributed by atoms with Gasteiger partial charge in [-0.25, -0.2) is 4.79 Å². The molecule has 0 aliphatic carbocycles. The lowest BCUT2D eigenvalue weighted by Gasteiger charge is -2.28. The van der Waals surface area contributed by atoms with Crippen molar-refractivity contribution in [3.05, 3.63) is 65.5 Å². The summed E-state index contributed by atoms with van der Waals surface area (Å²) in [7, 11) is 0. The second-order valence-corrected chi connectivity index (χ2v) is 5.99. The molecular formula is C19H20N2O4. The number of carbonyl (C=O) groups is 2. The van der Waals surface area contributed by atoms with Gasteiger partial charge in [0.25, 0.3) is 5.91 Å². The van der Waals surface area contributed by atoms with Gasteiger partial charge in [0.1, 0.15) is 5.69 Å². The number of hydrogen-bond acceptors (Lipinski definition) is 4. The van der Waals surface area contributed by atoms with E-state index in [4.69, 9.17) is 9.84 Å². The van der Waals surface area contributed by atoms with E-state index in [-0.39, 0.29) is 23.2 Å². The van der Waals surface area contributed by atoms with E-state index < -0.39 is 5.97 Å². The first kappa shape index (κ1) is 17.1. The Balaban J connectivity index is 1.75. The summed E-state index contributed by atoms with van der Waals surface area (Å²) in [5.41, 5.74) is 1.48. The molecule has 1 aromatic heterocycles. The predicted molar refractivity (Wildman–Crippen MR) is 91.6 cm³/mol. The first-order chi connectivity index (χ1) is 12.1. The fourth-order valence-corrected chi connectivity index (χ4v) is 2.91. The molecule has 0 bridgehead atoms. The maximum atomic E-state index is 12.9. The third-order valence-corrected chi connectivity index (χ3v) is 4.32. The maximum absolute atomic E-state index is 12.9. The predicted octanol–water partition coefficient (Wildman–Crippen LogP) is 2.25. The van der Waals surface area contributed by atoms with E-state index in [0.717, 1.165) is 18.4 Å². The minimum Gasteiger partial charge on any atom is -0.478 e. The van der Waals surface area contributed by atoms with Gasteiger partial charge in [-0.05, 0) is 30.5 Å². The van der Waals surface area contributed by atoms with Crippen molar-refractivity contribution in [2.24, 2.45) is 0 Å². The first-order valence-corrected chi connectivity index (χ1v) is 8.27. The number of pyridine rings is 1. The highest BCUT2D eigenvalue weighted by molar-refractivity contribution is 5.94. The molecule has 1 aromatic carbocycles. The molecule has 1 saturated heterocycles.